The monoisotopic (exact) mass is 670 g/mol. The van der Waals surface area contributed by atoms with E-state index < -0.39 is 0 Å². The third-order valence-electron chi connectivity index (χ3n) is 8.15. The first kappa shape index (κ1) is 35.2. The van der Waals surface area contributed by atoms with E-state index in [1.54, 1.807) is 24.5 Å². The highest BCUT2D eigenvalue weighted by Crippen LogP contribution is 2.13. The van der Waals surface area contributed by atoms with Crippen LogP contribution in [0.5, 0.6) is 0 Å². The molecule has 0 aliphatic rings. The molecule has 52 heavy (non-hydrogen) atoms. The minimum Gasteiger partial charge on any atom is -0.287 e. The molecule has 0 atom stereocenters. The third kappa shape index (κ3) is 11.5. The topological polar surface area (TPSA) is 32.3 Å². The van der Waals surface area contributed by atoms with Crippen LogP contribution >= 0.6 is 0 Å². The van der Waals surface area contributed by atoms with E-state index in [1.807, 2.05) is 60.7 Å². The van der Waals surface area contributed by atoms with Crippen LogP contribution in [0.15, 0.2) is 158 Å². The number of hydrogen-bond acceptors (Lipinski definition) is 4. The molecule has 0 radical (unpaired) electrons. The average Bonchev–Trinajstić information content (AvgIpc) is 3.19. The van der Waals surface area contributed by atoms with Gasteiger partial charge in [-0.1, -0.05) is 144 Å². The number of allylic oxidation sites excluding steroid dienone is 4. The van der Waals surface area contributed by atoms with Crippen LogP contribution in [-0.2, 0) is 13.1 Å². The van der Waals surface area contributed by atoms with Crippen molar-refractivity contribution in [3.05, 3.63) is 180 Å². The third-order valence-corrected chi connectivity index (χ3v) is 8.15. The molecule has 2 aromatic heterocycles. The Morgan fingerprint density at radius 1 is 0.462 bits per heavy atom. The minimum atomic E-state index is 0.639. The first-order valence-electron chi connectivity index (χ1n) is 17.3. The summed E-state index contributed by atoms with van der Waals surface area (Å²) in [5, 5.41) is 2.17. The standard InChI is InChI=1S/C48H38N4/c1(3-9-25-43-35-45-27-15-17-29-47(45)49-37-43)5-19-31-51(39-41-21-11-7-12-22-41)33-34-52(40-42-23-13-8-14-24-42)32-20-6-2-4-10-26-44-36-46-28-16-18-30-48(46)50-38-44/h1-4,7-8,11-18,21-24,27-30,35-38H,31-34,39-40H2/b3-1+,4-2+. The largest absolute Gasteiger partial charge is 0.287 e. The highest BCUT2D eigenvalue weighted by atomic mass is 15.2. The van der Waals surface area contributed by atoms with E-state index in [1.165, 1.54) is 11.1 Å². The molecule has 6 rings (SSSR count). The lowest BCUT2D eigenvalue weighted by Crippen LogP contribution is -2.35. The van der Waals surface area contributed by atoms with Gasteiger partial charge in [0.2, 0.25) is 0 Å². The molecule has 0 bridgehead atoms. The van der Waals surface area contributed by atoms with Crippen LogP contribution in [-0.4, -0.2) is 45.9 Å². The molecule has 4 aromatic carbocycles. The Hall–Kier alpha value is -6.66. The van der Waals surface area contributed by atoms with Crippen LogP contribution in [0.4, 0.5) is 0 Å². The van der Waals surface area contributed by atoms with E-state index in [0.717, 1.165) is 59.1 Å². The Labute approximate surface area is 307 Å². The van der Waals surface area contributed by atoms with Crippen LogP contribution < -0.4 is 0 Å². The molecule has 0 aliphatic heterocycles. The number of para-hydroxylation sites is 2. The van der Waals surface area contributed by atoms with Crippen molar-refractivity contribution >= 4 is 21.8 Å². The number of hydrogen-bond donors (Lipinski definition) is 0. The summed E-state index contributed by atoms with van der Waals surface area (Å²) in [4.78, 5) is 13.7. The summed E-state index contributed by atoms with van der Waals surface area (Å²) < 4.78 is 0. The van der Waals surface area contributed by atoms with Gasteiger partial charge in [0.15, 0.2) is 0 Å². The van der Waals surface area contributed by atoms with Crippen molar-refractivity contribution in [2.45, 2.75) is 13.1 Å². The molecule has 0 N–H and O–H groups in total. The Kier molecular flexibility index (Phi) is 13.2. The van der Waals surface area contributed by atoms with Crippen molar-refractivity contribution in [3.63, 3.8) is 0 Å². The van der Waals surface area contributed by atoms with Gasteiger partial charge in [-0.3, -0.25) is 19.8 Å². The van der Waals surface area contributed by atoms with Crippen LogP contribution in [0.25, 0.3) is 21.8 Å². The zero-order valence-corrected chi connectivity index (χ0v) is 29.0. The van der Waals surface area contributed by atoms with Gasteiger partial charge in [0.05, 0.1) is 24.1 Å². The zero-order chi connectivity index (χ0) is 35.5. The maximum Gasteiger partial charge on any atom is 0.0702 e. The first-order chi connectivity index (χ1) is 25.8. The van der Waals surface area contributed by atoms with E-state index in [-0.39, 0.29) is 0 Å². The van der Waals surface area contributed by atoms with Crippen molar-refractivity contribution in [1.82, 2.24) is 19.8 Å². The Morgan fingerprint density at radius 3 is 1.33 bits per heavy atom. The molecule has 2 heterocycles. The normalized spacial score (nSPS) is 10.7. The van der Waals surface area contributed by atoms with Gasteiger partial charge >= 0.3 is 0 Å². The average molecular weight is 671 g/mol. The Balaban J connectivity index is 1.07. The SMILES string of the molecule is C(#CCN(CCN(CC#C/C=C/C#Cc1cnc2ccccc2c1)Cc1ccccc1)Cc1ccccc1)/C=C/C#Cc1cnc2ccccc2c1. The van der Waals surface area contributed by atoms with Crippen LogP contribution in [0, 0.1) is 47.4 Å². The summed E-state index contributed by atoms with van der Waals surface area (Å²) in [5.41, 5.74) is 6.22. The number of rotatable bonds is 9. The van der Waals surface area contributed by atoms with Crippen LogP contribution in [0.2, 0.25) is 0 Å². The highest BCUT2D eigenvalue weighted by Gasteiger charge is 2.10. The Bertz CT molecular complexity index is 2230. The van der Waals surface area contributed by atoms with E-state index in [0.29, 0.717) is 13.1 Å². The lowest BCUT2D eigenvalue weighted by Gasteiger charge is -2.25. The number of pyridine rings is 2. The maximum absolute atomic E-state index is 4.48. The maximum atomic E-state index is 4.48. The molecule has 4 nitrogen and oxygen atoms in total. The lowest BCUT2D eigenvalue weighted by atomic mass is 10.1. The summed E-state index contributed by atoms with van der Waals surface area (Å²) in [5.74, 6) is 25.5. The summed E-state index contributed by atoms with van der Waals surface area (Å²) in [7, 11) is 0. The number of aromatic nitrogens is 2. The molecular weight excluding hydrogens is 633 g/mol. The van der Waals surface area contributed by atoms with Crippen molar-refractivity contribution in [2.75, 3.05) is 26.2 Å². The lowest BCUT2D eigenvalue weighted by molar-refractivity contribution is 0.221. The molecule has 0 fully saturated rings. The fraction of sp³-hybridized carbons (Fsp3) is 0.125. The van der Waals surface area contributed by atoms with Gasteiger partial charge in [-0.25, -0.2) is 0 Å². The van der Waals surface area contributed by atoms with Gasteiger partial charge in [0, 0.05) is 60.5 Å². The van der Waals surface area contributed by atoms with E-state index in [4.69, 9.17) is 0 Å². The minimum absolute atomic E-state index is 0.639. The van der Waals surface area contributed by atoms with Gasteiger partial charge in [-0.2, -0.15) is 0 Å². The molecule has 4 heteroatoms. The predicted octanol–water partition coefficient (Wildman–Crippen LogP) is 8.31. The van der Waals surface area contributed by atoms with Crippen molar-refractivity contribution in [2.24, 2.45) is 0 Å². The molecule has 0 unspecified atom stereocenters. The van der Waals surface area contributed by atoms with E-state index in [2.05, 4.69) is 140 Å². The second kappa shape index (κ2) is 19.5. The quantitative estimate of drug-likeness (QED) is 0.145. The molecule has 0 spiro atoms. The zero-order valence-electron chi connectivity index (χ0n) is 29.0. The van der Waals surface area contributed by atoms with Crippen LogP contribution in [0.3, 0.4) is 0 Å². The number of benzene rings is 4. The van der Waals surface area contributed by atoms with Gasteiger partial charge in [0.25, 0.3) is 0 Å². The molecule has 6 aromatic rings. The molecule has 0 amide bonds. The van der Waals surface area contributed by atoms with Gasteiger partial charge < -0.3 is 0 Å². The number of nitrogens with zero attached hydrogens (tertiary/aromatic N) is 4. The van der Waals surface area contributed by atoms with Crippen molar-refractivity contribution < 1.29 is 0 Å². The fourth-order valence-electron chi connectivity index (χ4n) is 5.52. The smallest absolute Gasteiger partial charge is 0.0702 e. The van der Waals surface area contributed by atoms with Gasteiger partial charge in [-0.05, 0) is 59.7 Å². The predicted molar refractivity (Wildman–Crippen MR) is 215 cm³/mol. The van der Waals surface area contributed by atoms with Gasteiger partial charge in [0.1, 0.15) is 0 Å². The summed E-state index contributed by atoms with van der Waals surface area (Å²) in [6.07, 6.45) is 10.8. The van der Waals surface area contributed by atoms with Crippen LogP contribution in [0.1, 0.15) is 22.3 Å². The fourth-order valence-corrected chi connectivity index (χ4v) is 5.52. The summed E-state index contributed by atoms with van der Waals surface area (Å²) in [6.45, 7) is 4.59. The highest BCUT2D eigenvalue weighted by molar-refractivity contribution is 5.80. The van der Waals surface area contributed by atoms with Crippen molar-refractivity contribution in [1.29, 1.82) is 0 Å². The molecule has 0 saturated heterocycles. The van der Waals surface area contributed by atoms with Crippen molar-refractivity contribution in [3.8, 4) is 47.4 Å². The van der Waals surface area contributed by atoms with E-state index >= 15 is 0 Å². The first-order valence-corrected chi connectivity index (χ1v) is 17.3. The summed E-state index contributed by atoms with van der Waals surface area (Å²) >= 11 is 0. The second-order valence-electron chi connectivity index (χ2n) is 12.1. The van der Waals surface area contributed by atoms with E-state index in [9.17, 15) is 0 Å². The summed E-state index contributed by atoms with van der Waals surface area (Å²) in [6, 6.07) is 41.3. The molecule has 0 aliphatic carbocycles. The second-order valence-corrected chi connectivity index (χ2v) is 12.1. The Morgan fingerprint density at radius 2 is 0.865 bits per heavy atom. The number of fused-ring (bicyclic) bond motifs is 2. The molecular formula is C48H38N4. The van der Waals surface area contributed by atoms with Gasteiger partial charge in [-0.15, -0.1) is 0 Å². The molecule has 250 valence electrons. The molecule has 0 saturated carbocycles.